The molecule has 2 aliphatic rings. The maximum absolute atomic E-state index is 13.6. The van der Waals surface area contributed by atoms with E-state index >= 15 is 0 Å². The summed E-state index contributed by atoms with van der Waals surface area (Å²) in [6.45, 7) is 0. The van der Waals surface area contributed by atoms with E-state index in [0.29, 0.717) is 36.1 Å². The number of nitrogens with one attached hydrogen (secondary N) is 1. The van der Waals surface area contributed by atoms with Crippen LogP contribution in [0.3, 0.4) is 0 Å². The fourth-order valence-electron chi connectivity index (χ4n) is 4.27. The number of urea groups is 1. The Morgan fingerprint density at radius 2 is 1.97 bits per heavy atom. The Balaban J connectivity index is 1.74. The number of β-lactam (4-membered cyclic amide) rings is 1. The van der Waals surface area contributed by atoms with Crippen molar-refractivity contribution in [1.29, 1.82) is 0 Å². The van der Waals surface area contributed by atoms with Crippen LogP contribution in [-0.4, -0.2) is 51.2 Å². The molecule has 1 unspecified atom stereocenters. The van der Waals surface area contributed by atoms with Crippen LogP contribution >= 0.6 is 0 Å². The van der Waals surface area contributed by atoms with Crippen LogP contribution in [0.4, 0.5) is 23.8 Å². The molecule has 1 aromatic rings. The number of amides is 3. The molecule has 0 aromatic carbocycles. The highest BCUT2D eigenvalue weighted by atomic mass is 19.4. The summed E-state index contributed by atoms with van der Waals surface area (Å²) in [6.07, 6.45) is -0.598. The summed E-state index contributed by atoms with van der Waals surface area (Å²) in [4.78, 5) is 40.8. The number of hydrogen-bond donors (Lipinski definition) is 3. The number of likely N-dealkylation sites (tertiary alicyclic amines) is 1. The maximum atomic E-state index is 13.6. The summed E-state index contributed by atoms with van der Waals surface area (Å²) in [6, 6.07) is -1.98. The van der Waals surface area contributed by atoms with Crippen LogP contribution in [0.2, 0.25) is 0 Å². The lowest BCUT2D eigenvalue weighted by molar-refractivity contribution is -0.172. The van der Waals surface area contributed by atoms with Gasteiger partial charge in [0, 0.05) is 6.20 Å². The second kappa shape index (κ2) is 8.49. The third-order valence-electron chi connectivity index (χ3n) is 5.74. The Morgan fingerprint density at radius 3 is 2.53 bits per heavy atom. The molecule has 8 nitrogen and oxygen atoms in total. The highest BCUT2D eigenvalue weighted by Crippen LogP contribution is 2.36. The first kappa shape index (κ1) is 21.8. The number of rotatable bonds is 5. The minimum atomic E-state index is -4.70. The zero-order chi connectivity index (χ0) is 22.1. The standard InChI is InChI=1S/C19H23F3N4O4/c20-19(21,22)15(11-4-2-1-3-5-11)25-18(30)26-14(17(28)29)12(16(26)27)8-10-6-7-24-13(23)9-10/h6-7,9,11-12,14-15H,1-5,8H2,(H2,23,24)(H,25,30)(H,28,29)/t12-,14+,15?/m1/s1. The largest absolute Gasteiger partial charge is 0.480 e. The van der Waals surface area contributed by atoms with Crippen LogP contribution in [0.1, 0.15) is 37.7 Å². The highest BCUT2D eigenvalue weighted by Gasteiger charge is 2.56. The van der Waals surface area contributed by atoms with Crippen LogP contribution < -0.4 is 11.1 Å². The molecular formula is C19H23F3N4O4. The molecule has 11 heteroatoms. The minimum absolute atomic E-state index is 0.0162. The van der Waals surface area contributed by atoms with Gasteiger partial charge in [-0.1, -0.05) is 19.3 Å². The molecule has 2 heterocycles. The molecule has 3 amide bonds. The van der Waals surface area contributed by atoms with Crippen LogP contribution in [0.25, 0.3) is 0 Å². The number of anilines is 1. The summed E-state index contributed by atoms with van der Waals surface area (Å²) < 4.78 is 40.7. The number of nitrogens with two attached hydrogens (primary N) is 1. The Labute approximate surface area is 170 Å². The zero-order valence-corrected chi connectivity index (χ0v) is 16.1. The average Bonchev–Trinajstić information content (AvgIpc) is 2.67. The summed E-state index contributed by atoms with van der Waals surface area (Å²) in [7, 11) is 0. The van der Waals surface area contributed by atoms with E-state index in [0.717, 1.165) is 6.42 Å². The minimum Gasteiger partial charge on any atom is -0.480 e. The number of carbonyl (C=O) groups is 3. The second-order valence-corrected chi connectivity index (χ2v) is 7.76. The quantitative estimate of drug-likeness (QED) is 0.618. The molecule has 2 fully saturated rings. The number of hydrogen-bond acceptors (Lipinski definition) is 5. The lowest BCUT2D eigenvalue weighted by Crippen LogP contribution is -2.70. The number of nitrogens with zero attached hydrogens (tertiary/aromatic N) is 2. The molecule has 1 aliphatic heterocycles. The van der Waals surface area contributed by atoms with Gasteiger partial charge >= 0.3 is 18.2 Å². The predicted octanol–water partition coefficient (Wildman–Crippen LogP) is 2.34. The zero-order valence-electron chi connectivity index (χ0n) is 16.1. The van der Waals surface area contributed by atoms with Crippen LogP contribution in [0, 0.1) is 11.8 Å². The predicted molar refractivity (Wildman–Crippen MR) is 99.1 cm³/mol. The van der Waals surface area contributed by atoms with Crippen molar-refractivity contribution >= 4 is 23.7 Å². The number of aromatic nitrogens is 1. The Bertz CT molecular complexity index is 826. The molecule has 0 bridgehead atoms. The van der Waals surface area contributed by atoms with Crippen molar-refractivity contribution in [3.63, 3.8) is 0 Å². The van der Waals surface area contributed by atoms with E-state index < -0.39 is 48.0 Å². The number of halogens is 3. The van der Waals surface area contributed by atoms with Crippen LogP contribution in [0.5, 0.6) is 0 Å². The molecule has 3 atom stereocenters. The molecule has 1 saturated heterocycles. The normalized spacial score (nSPS) is 23.6. The number of carbonyl (C=O) groups excluding carboxylic acids is 2. The SMILES string of the molecule is Nc1cc(C[C@H]2C(=O)N(C(=O)NC(C3CCCCC3)C(F)(F)F)[C@@H]2C(=O)O)ccn1. The maximum Gasteiger partial charge on any atom is 0.408 e. The smallest absolute Gasteiger partial charge is 0.408 e. The van der Waals surface area contributed by atoms with E-state index in [2.05, 4.69) is 4.98 Å². The monoisotopic (exact) mass is 428 g/mol. The summed E-state index contributed by atoms with van der Waals surface area (Å²) in [5.74, 6) is -3.98. The van der Waals surface area contributed by atoms with Gasteiger partial charge in [0.1, 0.15) is 11.9 Å². The Kier molecular flexibility index (Phi) is 6.18. The lowest BCUT2D eigenvalue weighted by atomic mass is 9.82. The van der Waals surface area contributed by atoms with Gasteiger partial charge in [0.05, 0.1) is 5.92 Å². The number of carboxylic acid groups (broad SMARTS) is 1. The molecule has 1 saturated carbocycles. The van der Waals surface area contributed by atoms with E-state index in [-0.39, 0.29) is 12.2 Å². The molecule has 1 aliphatic carbocycles. The van der Waals surface area contributed by atoms with Gasteiger partial charge in [-0.25, -0.2) is 19.5 Å². The number of carboxylic acids is 1. The molecule has 0 radical (unpaired) electrons. The number of aliphatic carboxylic acids is 1. The van der Waals surface area contributed by atoms with Gasteiger partial charge in [0.25, 0.3) is 0 Å². The topological polar surface area (TPSA) is 126 Å². The summed E-state index contributed by atoms with van der Waals surface area (Å²) >= 11 is 0. The molecule has 1 aromatic heterocycles. The van der Waals surface area contributed by atoms with Gasteiger partial charge in [-0.15, -0.1) is 0 Å². The fourth-order valence-corrected chi connectivity index (χ4v) is 4.27. The van der Waals surface area contributed by atoms with Crippen molar-refractivity contribution in [3.05, 3.63) is 23.9 Å². The summed E-state index contributed by atoms with van der Waals surface area (Å²) in [5.41, 5.74) is 6.12. The molecule has 30 heavy (non-hydrogen) atoms. The van der Waals surface area contributed by atoms with E-state index in [4.69, 9.17) is 5.73 Å². The van der Waals surface area contributed by atoms with Crippen molar-refractivity contribution < 1.29 is 32.7 Å². The summed E-state index contributed by atoms with van der Waals surface area (Å²) in [5, 5.41) is 11.4. The third-order valence-corrected chi connectivity index (χ3v) is 5.74. The first-order chi connectivity index (χ1) is 14.1. The fraction of sp³-hybridized carbons (Fsp3) is 0.579. The highest BCUT2D eigenvalue weighted by molar-refractivity contribution is 6.07. The van der Waals surface area contributed by atoms with Crippen molar-refractivity contribution in [1.82, 2.24) is 15.2 Å². The Hall–Kier alpha value is -2.85. The molecule has 3 rings (SSSR count). The van der Waals surface area contributed by atoms with Crippen molar-refractivity contribution in [2.24, 2.45) is 11.8 Å². The first-order valence-corrected chi connectivity index (χ1v) is 9.73. The number of imide groups is 1. The van der Waals surface area contributed by atoms with Crippen molar-refractivity contribution in [3.8, 4) is 0 Å². The van der Waals surface area contributed by atoms with Gasteiger partial charge in [0.2, 0.25) is 5.91 Å². The Morgan fingerprint density at radius 1 is 1.30 bits per heavy atom. The molecule has 4 N–H and O–H groups in total. The second-order valence-electron chi connectivity index (χ2n) is 7.76. The van der Waals surface area contributed by atoms with E-state index in [1.807, 2.05) is 5.32 Å². The molecular weight excluding hydrogens is 405 g/mol. The van der Waals surface area contributed by atoms with Crippen LogP contribution in [-0.2, 0) is 16.0 Å². The van der Waals surface area contributed by atoms with Crippen molar-refractivity contribution in [2.75, 3.05) is 5.73 Å². The number of alkyl halides is 3. The van der Waals surface area contributed by atoms with Gasteiger partial charge in [-0.2, -0.15) is 13.2 Å². The molecule has 164 valence electrons. The van der Waals surface area contributed by atoms with E-state index in [1.54, 1.807) is 6.07 Å². The van der Waals surface area contributed by atoms with Gasteiger partial charge in [-0.3, -0.25) is 4.79 Å². The van der Waals surface area contributed by atoms with Gasteiger partial charge in [0.15, 0.2) is 6.04 Å². The molecule has 0 spiro atoms. The van der Waals surface area contributed by atoms with Crippen molar-refractivity contribution in [2.45, 2.75) is 56.8 Å². The van der Waals surface area contributed by atoms with E-state index in [1.165, 1.54) is 12.3 Å². The first-order valence-electron chi connectivity index (χ1n) is 9.73. The number of pyridine rings is 1. The average molecular weight is 428 g/mol. The third kappa shape index (κ3) is 4.49. The number of nitrogen functional groups attached to an aromatic ring is 1. The van der Waals surface area contributed by atoms with Gasteiger partial charge < -0.3 is 16.2 Å². The lowest BCUT2D eigenvalue weighted by Gasteiger charge is -2.44. The van der Waals surface area contributed by atoms with E-state index in [9.17, 15) is 32.7 Å². The van der Waals surface area contributed by atoms with Gasteiger partial charge in [-0.05, 0) is 42.9 Å². The van der Waals surface area contributed by atoms with Crippen LogP contribution in [0.15, 0.2) is 18.3 Å².